The predicted molar refractivity (Wildman–Crippen MR) is 75.0 cm³/mol. The summed E-state index contributed by atoms with van der Waals surface area (Å²) in [6.07, 6.45) is 1.68. The molecule has 1 aliphatic heterocycles. The van der Waals surface area contributed by atoms with Gasteiger partial charge in [0.25, 0.3) is 0 Å². The van der Waals surface area contributed by atoms with Gasteiger partial charge in [0, 0.05) is 31.2 Å². The zero-order chi connectivity index (χ0) is 13.9. The zero-order valence-corrected chi connectivity index (χ0v) is 13.0. The molecule has 0 aliphatic carbocycles. The van der Waals surface area contributed by atoms with Crippen LogP contribution in [-0.2, 0) is 14.6 Å². The van der Waals surface area contributed by atoms with E-state index in [4.69, 9.17) is 16.3 Å². The summed E-state index contributed by atoms with van der Waals surface area (Å²) < 4.78 is 28.6. The Labute approximate surface area is 115 Å². The van der Waals surface area contributed by atoms with Gasteiger partial charge in [-0.1, -0.05) is 0 Å². The summed E-state index contributed by atoms with van der Waals surface area (Å²) in [6, 6.07) is 0. The molecule has 6 heteroatoms. The number of halogens is 1. The molecule has 0 saturated carbocycles. The molecule has 0 aromatic rings. The Bertz CT molecular complexity index is 356. The Hall–Kier alpha value is 0.160. The number of ether oxygens (including phenoxy) is 1. The third-order valence-corrected chi connectivity index (χ3v) is 6.63. The van der Waals surface area contributed by atoms with Gasteiger partial charge in [-0.25, -0.2) is 8.42 Å². The lowest BCUT2D eigenvalue weighted by Gasteiger charge is -2.36. The first-order valence-corrected chi connectivity index (χ1v) is 8.52. The van der Waals surface area contributed by atoms with Gasteiger partial charge in [0.05, 0.1) is 10.5 Å². The number of alkyl halides is 1. The molecule has 1 N–H and O–H groups in total. The molecular weight excluding hydrogens is 274 g/mol. The first-order chi connectivity index (χ1) is 8.22. The van der Waals surface area contributed by atoms with Crippen LogP contribution in [0.2, 0.25) is 0 Å². The second-order valence-electron chi connectivity index (χ2n) is 5.88. The van der Waals surface area contributed by atoms with Crippen molar-refractivity contribution in [1.29, 1.82) is 0 Å². The van der Waals surface area contributed by atoms with Gasteiger partial charge >= 0.3 is 0 Å². The molecule has 1 heterocycles. The summed E-state index contributed by atoms with van der Waals surface area (Å²) in [5, 5.41) is 3.32. The highest BCUT2D eigenvalue weighted by molar-refractivity contribution is 7.92. The molecule has 0 aromatic heterocycles. The molecule has 18 heavy (non-hydrogen) atoms. The second-order valence-corrected chi connectivity index (χ2v) is 9.01. The summed E-state index contributed by atoms with van der Waals surface area (Å²) >= 11 is 6.01. The fourth-order valence-electron chi connectivity index (χ4n) is 1.88. The minimum atomic E-state index is -3.07. The van der Waals surface area contributed by atoms with E-state index in [9.17, 15) is 8.42 Å². The van der Waals surface area contributed by atoms with Crippen molar-refractivity contribution in [3.05, 3.63) is 0 Å². The number of hydrogen-bond donors (Lipinski definition) is 1. The van der Waals surface area contributed by atoms with E-state index in [-0.39, 0.29) is 11.3 Å². The lowest BCUT2D eigenvalue weighted by Crippen LogP contribution is -2.52. The highest BCUT2D eigenvalue weighted by Gasteiger charge is 2.33. The van der Waals surface area contributed by atoms with Crippen LogP contribution in [0, 0.1) is 0 Å². The van der Waals surface area contributed by atoms with Crippen molar-refractivity contribution in [3.8, 4) is 0 Å². The van der Waals surface area contributed by atoms with Crippen LogP contribution >= 0.6 is 11.6 Å². The summed E-state index contributed by atoms with van der Waals surface area (Å²) in [7, 11) is -3.07. The largest absolute Gasteiger partial charge is 0.381 e. The minimum Gasteiger partial charge on any atom is -0.381 e. The Morgan fingerprint density at radius 3 is 2.28 bits per heavy atom. The van der Waals surface area contributed by atoms with Gasteiger partial charge in [-0.05, 0) is 33.6 Å². The molecular formula is C12H24ClNO3S. The molecule has 0 spiro atoms. The molecule has 0 atom stereocenters. The van der Waals surface area contributed by atoms with Crippen molar-refractivity contribution >= 4 is 21.4 Å². The molecule has 0 unspecified atom stereocenters. The fraction of sp³-hybridized carbons (Fsp3) is 1.00. The summed E-state index contributed by atoms with van der Waals surface area (Å²) in [5.74, 6) is 0.641. The van der Waals surface area contributed by atoms with Crippen LogP contribution in [0.3, 0.4) is 0 Å². The quantitative estimate of drug-likeness (QED) is 0.783. The van der Waals surface area contributed by atoms with Crippen LogP contribution in [0.5, 0.6) is 0 Å². The standard InChI is InChI=1S/C12H24ClNO3S/c1-11(2,3)18(15,16)9-6-14-12(10-13)4-7-17-8-5-12/h14H,4-10H2,1-3H3. The zero-order valence-electron chi connectivity index (χ0n) is 11.5. The van der Waals surface area contributed by atoms with Gasteiger partial charge in [0.1, 0.15) is 0 Å². The van der Waals surface area contributed by atoms with E-state index in [0.717, 1.165) is 12.8 Å². The van der Waals surface area contributed by atoms with E-state index in [1.165, 1.54) is 0 Å². The van der Waals surface area contributed by atoms with Crippen molar-refractivity contribution in [2.75, 3.05) is 31.4 Å². The lowest BCUT2D eigenvalue weighted by molar-refractivity contribution is 0.0474. The normalized spacial score (nSPS) is 20.9. The number of hydrogen-bond acceptors (Lipinski definition) is 4. The molecule has 0 bridgehead atoms. The van der Waals surface area contributed by atoms with Gasteiger partial charge < -0.3 is 10.1 Å². The van der Waals surface area contributed by atoms with E-state index in [1.807, 2.05) is 0 Å². The smallest absolute Gasteiger partial charge is 0.156 e. The van der Waals surface area contributed by atoms with Crippen LogP contribution in [0.1, 0.15) is 33.6 Å². The van der Waals surface area contributed by atoms with Crippen LogP contribution in [-0.4, -0.2) is 50.1 Å². The minimum absolute atomic E-state index is 0.149. The Balaban J connectivity index is 2.50. The van der Waals surface area contributed by atoms with Crippen LogP contribution in [0.25, 0.3) is 0 Å². The molecule has 108 valence electrons. The first kappa shape index (κ1) is 16.2. The van der Waals surface area contributed by atoms with Crippen molar-refractivity contribution in [3.63, 3.8) is 0 Å². The van der Waals surface area contributed by atoms with Crippen LogP contribution in [0.15, 0.2) is 0 Å². The van der Waals surface area contributed by atoms with E-state index in [2.05, 4.69) is 5.32 Å². The summed E-state index contributed by atoms with van der Waals surface area (Å²) in [4.78, 5) is 0. The van der Waals surface area contributed by atoms with Crippen molar-refractivity contribution in [2.24, 2.45) is 0 Å². The lowest BCUT2D eigenvalue weighted by atomic mass is 9.92. The molecule has 0 aromatic carbocycles. The molecule has 1 aliphatic rings. The third-order valence-electron chi connectivity index (χ3n) is 3.51. The monoisotopic (exact) mass is 297 g/mol. The summed E-state index contributed by atoms with van der Waals surface area (Å²) in [5.41, 5.74) is -0.160. The van der Waals surface area contributed by atoms with Crippen LogP contribution in [0.4, 0.5) is 0 Å². The van der Waals surface area contributed by atoms with Gasteiger partial charge in [-0.15, -0.1) is 11.6 Å². The average molecular weight is 298 g/mol. The molecule has 1 fully saturated rings. The first-order valence-electron chi connectivity index (χ1n) is 6.33. The van der Waals surface area contributed by atoms with Crippen molar-refractivity contribution < 1.29 is 13.2 Å². The van der Waals surface area contributed by atoms with E-state index < -0.39 is 14.6 Å². The maximum atomic E-state index is 12.0. The summed E-state index contributed by atoms with van der Waals surface area (Å²) in [6.45, 7) is 7.01. The molecule has 0 radical (unpaired) electrons. The van der Waals surface area contributed by atoms with Gasteiger partial charge in [-0.3, -0.25) is 0 Å². The average Bonchev–Trinajstić information content (AvgIpc) is 2.28. The van der Waals surface area contributed by atoms with Gasteiger partial charge in [0.2, 0.25) is 0 Å². The van der Waals surface area contributed by atoms with E-state index in [0.29, 0.717) is 25.6 Å². The Kier molecular flexibility index (Phi) is 5.47. The maximum Gasteiger partial charge on any atom is 0.156 e. The Morgan fingerprint density at radius 1 is 1.28 bits per heavy atom. The van der Waals surface area contributed by atoms with Gasteiger partial charge in [-0.2, -0.15) is 0 Å². The van der Waals surface area contributed by atoms with Crippen LogP contribution < -0.4 is 5.32 Å². The Morgan fingerprint density at radius 2 is 1.83 bits per heavy atom. The highest BCUT2D eigenvalue weighted by Crippen LogP contribution is 2.22. The molecule has 0 amide bonds. The van der Waals surface area contributed by atoms with Gasteiger partial charge in [0.15, 0.2) is 9.84 Å². The number of rotatable bonds is 5. The SMILES string of the molecule is CC(C)(C)S(=O)(=O)CCNC1(CCl)CCOCC1. The highest BCUT2D eigenvalue weighted by atomic mass is 35.5. The molecule has 1 rings (SSSR count). The van der Waals surface area contributed by atoms with Crippen molar-refractivity contribution in [1.82, 2.24) is 5.32 Å². The number of sulfone groups is 1. The van der Waals surface area contributed by atoms with E-state index in [1.54, 1.807) is 20.8 Å². The second kappa shape index (κ2) is 6.07. The third kappa shape index (κ3) is 4.08. The molecule has 1 saturated heterocycles. The van der Waals surface area contributed by atoms with Crippen molar-refractivity contribution in [2.45, 2.75) is 43.9 Å². The number of nitrogens with one attached hydrogen (secondary N) is 1. The topological polar surface area (TPSA) is 55.4 Å². The predicted octanol–water partition coefficient (Wildman–Crippen LogP) is 1.58. The fourth-order valence-corrected chi connectivity index (χ4v) is 3.22. The maximum absolute atomic E-state index is 12.0. The van der Waals surface area contributed by atoms with E-state index >= 15 is 0 Å². The molecule has 4 nitrogen and oxygen atoms in total.